The lowest BCUT2D eigenvalue weighted by molar-refractivity contribution is 0.340. The van der Waals surface area contributed by atoms with Gasteiger partial charge in [-0.15, -0.1) is 10.2 Å². The second-order valence-corrected chi connectivity index (χ2v) is 4.33. The molecular weight excluding hydrogens is 190 g/mol. The molecule has 1 fully saturated rings. The monoisotopic (exact) mass is 209 g/mol. The van der Waals surface area contributed by atoms with Crippen molar-refractivity contribution in [2.24, 2.45) is 5.73 Å². The van der Waals surface area contributed by atoms with Crippen LogP contribution in [0.5, 0.6) is 0 Å². The summed E-state index contributed by atoms with van der Waals surface area (Å²) in [4.78, 5) is 0. The van der Waals surface area contributed by atoms with Crippen LogP contribution in [0.25, 0.3) is 0 Å². The first kappa shape index (κ1) is 10.6. The lowest BCUT2D eigenvalue weighted by Crippen LogP contribution is -2.08. The highest BCUT2D eigenvalue weighted by atomic mass is 16.4. The van der Waals surface area contributed by atoms with E-state index < -0.39 is 0 Å². The van der Waals surface area contributed by atoms with Crippen LogP contribution in [0, 0.1) is 0 Å². The molecule has 0 radical (unpaired) electrons. The van der Waals surface area contributed by atoms with Gasteiger partial charge in [-0.2, -0.15) is 0 Å². The fourth-order valence-corrected chi connectivity index (χ4v) is 2.09. The van der Waals surface area contributed by atoms with Gasteiger partial charge in [-0.3, -0.25) is 0 Å². The molecule has 1 aromatic heterocycles. The molecule has 4 nitrogen and oxygen atoms in total. The van der Waals surface area contributed by atoms with Crippen molar-refractivity contribution in [3.63, 3.8) is 0 Å². The summed E-state index contributed by atoms with van der Waals surface area (Å²) in [5, 5.41) is 8.13. The van der Waals surface area contributed by atoms with E-state index >= 15 is 0 Å². The highest BCUT2D eigenvalue weighted by Crippen LogP contribution is 2.32. The minimum atomic E-state index is -0.102. The predicted molar refractivity (Wildman–Crippen MR) is 57.3 cm³/mol. The fourth-order valence-electron chi connectivity index (χ4n) is 2.09. The molecule has 0 amide bonds. The summed E-state index contributed by atoms with van der Waals surface area (Å²) in [5.41, 5.74) is 5.84. The Bertz CT molecular complexity index is 305. The summed E-state index contributed by atoms with van der Waals surface area (Å²) in [7, 11) is 0. The first-order valence-corrected chi connectivity index (χ1v) is 5.90. The summed E-state index contributed by atoms with van der Waals surface area (Å²) in [5.74, 6) is 1.87. The third-order valence-corrected chi connectivity index (χ3v) is 3.17. The molecule has 1 atom stereocenters. The number of nitrogens with zero attached hydrogens (tertiary/aromatic N) is 2. The number of hydrogen-bond donors (Lipinski definition) is 1. The van der Waals surface area contributed by atoms with Crippen molar-refractivity contribution >= 4 is 0 Å². The molecule has 0 aromatic carbocycles. The van der Waals surface area contributed by atoms with Crippen molar-refractivity contribution in [3.05, 3.63) is 11.8 Å². The molecule has 1 unspecified atom stereocenters. The first-order valence-electron chi connectivity index (χ1n) is 5.90. The third kappa shape index (κ3) is 2.37. The van der Waals surface area contributed by atoms with Crippen LogP contribution >= 0.6 is 0 Å². The summed E-state index contributed by atoms with van der Waals surface area (Å²) < 4.78 is 5.63. The Kier molecular flexibility index (Phi) is 3.36. The van der Waals surface area contributed by atoms with Crippen molar-refractivity contribution in [2.45, 2.75) is 57.4 Å². The highest BCUT2D eigenvalue weighted by Gasteiger charge is 2.22. The van der Waals surface area contributed by atoms with E-state index in [9.17, 15) is 0 Å². The Hall–Kier alpha value is -0.900. The number of hydrogen-bond acceptors (Lipinski definition) is 4. The van der Waals surface area contributed by atoms with E-state index in [1.54, 1.807) is 0 Å². The molecule has 1 saturated carbocycles. The highest BCUT2D eigenvalue weighted by molar-refractivity contribution is 4.95. The molecule has 1 aliphatic rings. The van der Waals surface area contributed by atoms with Crippen LogP contribution in [0.15, 0.2) is 4.42 Å². The average molecular weight is 209 g/mol. The second kappa shape index (κ2) is 4.75. The van der Waals surface area contributed by atoms with Gasteiger partial charge in [0.1, 0.15) is 0 Å². The quantitative estimate of drug-likeness (QED) is 0.830. The maximum atomic E-state index is 5.84. The molecule has 0 bridgehead atoms. The van der Waals surface area contributed by atoms with Crippen molar-refractivity contribution in [2.75, 3.05) is 0 Å². The lowest BCUT2D eigenvalue weighted by atomic mass is 9.89. The van der Waals surface area contributed by atoms with Gasteiger partial charge in [0.25, 0.3) is 0 Å². The molecule has 15 heavy (non-hydrogen) atoms. The molecule has 0 saturated heterocycles. The summed E-state index contributed by atoms with van der Waals surface area (Å²) in [6.07, 6.45) is 7.11. The molecule has 0 aliphatic heterocycles. The zero-order valence-corrected chi connectivity index (χ0v) is 9.28. The molecule has 1 aliphatic carbocycles. The Morgan fingerprint density at radius 2 is 2.07 bits per heavy atom. The Balaban J connectivity index is 2.05. The van der Waals surface area contributed by atoms with E-state index in [1.807, 2.05) is 6.92 Å². The van der Waals surface area contributed by atoms with Crippen LogP contribution < -0.4 is 5.73 Å². The first-order chi connectivity index (χ1) is 7.31. The van der Waals surface area contributed by atoms with E-state index in [0.29, 0.717) is 11.8 Å². The van der Waals surface area contributed by atoms with E-state index in [1.165, 1.54) is 32.1 Å². The van der Waals surface area contributed by atoms with Gasteiger partial charge in [0.05, 0.1) is 6.04 Å². The van der Waals surface area contributed by atoms with Gasteiger partial charge in [0.15, 0.2) is 0 Å². The summed E-state index contributed by atoms with van der Waals surface area (Å²) >= 11 is 0. The van der Waals surface area contributed by atoms with Crippen LogP contribution in [-0.4, -0.2) is 10.2 Å². The van der Waals surface area contributed by atoms with Crippen LogP contribution in [0.3, 0.4) is 0 Å². The molecule has 0 spiro atoms. The standard InChI is InChI=1S/C11H19N3O/c1-2-9(12)11-14-13-10(15-11)8-6-4-3-5-7-8/h8-9H,2-7,12H2,1H3. The van der Waals surface area contributed by atoms with Gasteiger partial charge in [0.2, 0.25) is 11.8 Å². The van der Waals surface area contributed by atoms with Crippen molar-refractivity contribution < 1.29 is 4.42 Å². The third-order valence-electron chi connectivity index (χ3n) is 3.17. The zero-order valence-electron chi connectivity index (χ0n) is 9.28. The maximum Gasteiger partial charge on any atom is 0.233 e. The van der Waals surface area contributed by atoms with Gasteiger partial charge in [-0.1, -0.05) is 26.2 Å². The normalized spacial score (nSPS) is 20.4. The van der Waals surface area contributed by atoms with Gasteiger partial charge in [-0.05, 0) is 19.3 Å². The smallest absolute Gasteiger partial charge is 0.233 e. The topological polar surface area (TPSA) is 64.9 Å². The van der Waals surface area contributed by atoms with Gasteiger partial charge in [0, 0.05) is 5.92 Å². The largest absolute Gasteiger partial charge is 0.423 e. The average Bonchev–Trinajstić information content (AvgIpc) is 2.78. The van der Waals surface area contributed by atoms with Gasteiger partial charge < -0.3 is 10.2 Å². The maximum absolute atomic E-state index is 5.84. The number of nitrogens with two attached hydrogens (primary N) is 1. The minimum Gasteiger partial charge on any atom is -0.423 e. The Morgan fingerprint density at radius 3 is 2.73 bits per heavy atom. The van der Waals surface area contributed by atoms with Crippen molar-refractivity contribution in [1.82, 2.24) is 10.2 Å². The molecular formula is C11H19N3O. The molecule has 84 valence electrons. The molecule has 2 N–H and O–H groups in total. The van der Waals surface area contributed by atoms with Crippen LogP contribution in [-0.2, 0) is 0 Å². The van der Waals surface area contributed by atoms with E-state index in [2.05, 4.69) is 10.2 Å². The van der Waals surface area contributed by atoms with E-state index in [0.717, 1.165) is 12.3 Å². The van der Waals surface area contributed by atoms with E-state index in [-0.39, 0.29) is 6.04 Å². The number of rotatable bonds is 3. The lowest BCUT2D eigenvalue weighted by Gasteiger charge is -2.17. The SMILES string of the molecule is CCC(N)c1nnc(C2CCCCC2)o1. The zero-order chi connectivity index (χ0) is 10.7. The summed E-state index contributed by atoms with van der Waals surface area (Å²) in [6, 6.07) is -0.102. The summed E-state index contributed by atoms with van der Waals surface area (Å²) in [6.45, 7) is 2.02. The fraction of sp³-hybridized carbons (Fsp3) is 0.818. The molecule has 2 rings (SSSR count). The van der Waals surface area contributed by atoms with Crippen LogP contribution in [0.4, 0.5) is 0 Å². The van der Waals surface area contributed by atoms with Crippen molar-refractivity contribution in [3.8, 4) is 0 Å². The molecule has 1 heterocycles. The van der Waals surface area contributed by atoms with Crippen LogP contribution in [0.1, 0.15) is 69.2 Å². The number of aromatic nitrogens is 2. The van der Waals surface area contributed by atoms with Crippen LogP contribution in [0.2, 0.25) is 0 Å². The molecule has 4 heteroatoms. The van der Waals surface area contributed by atoms with E-state index in [4.69, 9.17) is 10.2 Å². The Morgan fingerprint density at radius 1 is 1.33 bits per heavy atom. The Labute approximate surface area is 90.3 Å². The second-order valence-electron chi connectivity index (χ2n) is 4.33. The van der Waals surface area contributed by atoms with Crippen molar-refractivity contribution in [1.29, 1.82) is 0 Å². The van der Waals surface area contributed by atoms with Gasteiger partial charge in [-0.25, -0.2) is 0 Å². The molecule has 1 aromatic rings. The predicted octanol–water partition coefficient (Wildman–Crippen LogP) is 2.53. The minimum absolute atomic E-state index is 0.102. The van der Waals surface area contributed by atoms with Gasteiger partial charge >= 0.3 is 0 Å².